The fraction of sp³-hybridized carbons (Fsp3) is 0.250. The third kappa shape index (κ3) is 3.73. The van der Waals surface area contributed by atoms with E-state index in [2.05, 4.69) is 4.98 Å². The number of hydrogen-bond donors (Lipinski definition) is 1. The summed E-state index contributed by atoms with van der Waals surface area (Å²) in [5.41, 5.74) is 1.56. The van der Waals surface area contributed by atoms with Crippen LogP contribution in [-0.4, -0.2) is 22.3 Å². The summed E-state index contributed by atoms with van der Waals surface area (Å²) >= 11 is 5.95. The summed E-state index contributed by atoms with van der Waals surface area (Å²) in [6.07, 6.45) is 1.47. The van der Waals surface area contributed by atoms with Gasteiger partial charge >= 0.3 is 0 Å². The van der Waals surface area contributed by atoms with Gasteiger partial charge in [-0.2, -0.15) is 0 Å². The number of halogens is 1. The number of carbonyl (C=O) groups is 1. The topological polar surface area (TPSA) is 53.2 Å². The highest BCUT2D eigenvalue weighted by molar-refractivity contribution is 6.30. The molecule has 1 heterocycles. The predicted octanol–water partition coefficient (Wildman–Crippen LogP) is 3.00. The normalized spacial score (nSPS) is 10.4. The van der Waals surface area contributed by atoms with Crippen molar-refractivity contribution in [2.75, 3.05) is 6.54 Å². The SMILES string of the molecule is CCN(Cc1cccc(Cl)c1)C(=O)c1c[nH]c(C)cc1=O. The predicted molar refractivity (Wildman–Crippen MR) is 83.7 cm³/mol. The van der Waals surface area contributed by atoms with E-state index in [1.807, 2.05) is 25.1 Å². The maximum atomic E-state index is 12.5. The van der Waals surface area contributed by atoms with Gasteiger partial charge in [0.05, 0.1) is 0 Å². The number of hydrogen-bond acceptors (Lipinski definition) is 2. The zero-order valence-electron chi connectivity index (χ0n) is 12.0. The van der Waals surface area contributed by atoms with Crippen LogP contribution in [0.25, 0.3) is 0 Å². The van der Waals surface area contributed by atoms with Crippen molar-refractivity contribution in [3.05, 3.63) is 68.6 Å². The van der Waals surface area contributed by atoms with Crippen LogP contribution >= 0.6 is 11.6 Å². The van der Waals surface area contributed by atoms with Crippen molar-refractivity contribution in [3.8, 4) is 0 Å². The van der Waals surface area contributed by atoms with Gasteiger partial charge in [0.1, 0.15) is 5.56 Å². The van der Waals surface area contributed by atoms with Crippen molar-refractivity contribution in [1.29, 1.82) is 0 Å². The van der Waals surface area contributed by atoms with Crippen molar-refractivity contribution in [2.45, 2.75) is 20.4 Å². The third-order valence-corrected chi connectivity index (χ3v) is 3.45. The molecule has 0 aliphatic heterocycles. The first-order valence-electron chi connectivity index (χ1n) is 6.74. The van der Waals surface area contributed by atoms with E-state index in [1.54, 1.807) is 17.9 Å². The summed E-state index contributed by atoms with van der Waals surface area (Å²) in [5.74, 6) is -0.279. The molecule has 0 aliphatic carbocycles. The lowest BCUT2D eigenvalue weighted by Crippen LogP contribution is -2.33. The van der Waals surface area contributed by atoms with Crippen LogP contribution in [0.3, 0.4) is 0 Å². The van der Waals surface area contributed by atoms with Crippen molar-refractivity contribution >= 4 is 17.5 Å². The molecule has 0 atom stereocenters. The van der Waals surface area contributed by atoms with Crippen LogP contribution in [0.2, 0.25) is 5.02 Å². The van der Waals surface area contributed by atoms with Crippen LogP contribution in [0.5, 0.6) is 0 Å². The number of aryl methyl sites for hydroxylation is 1. The number of H-pyrrole nitrogens is 1. The van der Waals surface area contributed by atoms with E-state index in [1.165, 1.54) is 12.3 Å². The Morgan fingerprint density at radius 1 is 1.33 bits per heavy atom. The molecule has 4 nitrogen and oxygen atoms in total. The highest BCUT2D eigenvalue weighted by Gasteiger charge is 2.17. The number of benzene rings is 1. The highest BCUT2D eigenvalue weighted by Crippen LogP contribution is 2.13. The van der Waals surface area contributed by atoms with Gasteiger partial charge in [-0.3, -0.25) is 9.59 Å². The molecule has 2 aromatic rings. The number of aromatic nitrogens is 1. The first kappa shape index (κ1) is 15.3. The van der Waals surface area contributed by atoms with E-state index in [9.17, 15) is 9.59 Å². The van der Waals surface area contributed by atoms with Crippen molar-refractivity contribution in [2.24, 2.45) is 0 Å². The summed E-state index contributed by atoms with van der Waals surface area (Å²) < 4.78 is 0. The minimum Gasteiger partial charge on any atom is -0.364 e. The number of carbonyl (C=O) groups excluding carboxylic acids is 1. The second kappa shape index (κ2) is 6.59. The van der Waals surface area contributed by atoms with Gasteiger partial charge in [0.25, 0.3) is 5.91 Å². The van der Waals surface area contributed by atoms with E-state index in [-0.39, 0.29) is 16.9 Å². The van der Waals surface area contributed by atoms with Crippen molar-refractivity contribution in [3.63, 3.8) is 0 Å². The van der Waals surface area contributed by atoms with Crippen molar-refractivity contribution in [1.82, 2.24) is 9.88 Å². The molecule has 0 aliphatic rings. The smallest absolute Gasteiger partial charge is 0.259 e. The molecule has 1 amide bonds. The van der Waals surface area contributed by atoms with Crippen LogP contribution in [0.4, 0.5) is 0 Å². The molecule has 0 saturated heterocycles. The maximum Gasteiger partial charge on any atom is 0.259 e. The Balaban J connectivity index is 2.24. The zero-order valence-corrected chi connectivity index (χ0v) is 12.8. The first-order valence-corrected chi connectivity index (χ1v) is 7.12. The minimum atomic E-state index is -0.279. The number of rotatable bonds is 4. The number of nitrogens with one attached hydrogen (secondary N) is 1. The Morgan fingerprint density at radius 2 is 2.10 bits per heavy atom. The van der Waals surface area contributed by atoms with E-state index in [0.29, 0.717) is 18.1 Å². The third-order valence-electron chi connectivity index (χ3n) is 3.22. The Hall–Kier alpha value is -2.07. The molecule has 2 rings (SSSR count). The van der Waals surface area contributed by atoms with Gasteiger partial charge in [-0.25, -0.2) is 0 Å². The van der Waals surface area contributed by atoms with Gasteiger partial charge in [-0.1, -0.05) is 23.7 Å². The lowest BCUT2D eigenvalue weighted by Gasteiger charge is -2.21. The van der Waals surface area contributed by atoms with E-state index in [4.69, 9.17) is 11.6 Å². The van der Waals surface area contributed by atoms with E-state index in [0.717, 1.165) is 11.3 Å². The fourth-order valence-corrected chi connectivity index (χ4v) is 2.31. The van der Waals surface area contributed by atoms with Crippen LogP contribution < -0.4 is 5.43 Å². The lowest BCUT2D eigenvalue weighted by molar-refractivity contribution is 0.0751. The monoisotopic (exact) mass is 304 g/mol. The zero-order chi connectivity index (χ0) is 15.4. The van der Waals surface area contributed by atoms with Gasteiger partial charge in [0, 0.05) is 36.1 Å². The van der Waals surface area contributed by atoms with Gasteiger partial charge in [0.2, 0.25) is 0 Å². The lowest BCUT2D eigenvalue weighted by atomic mass is 10.1. The molecule has 1 N–H and O–H groups in total. The largest absolute Gasteiger partial charge is 0.364 e. The van der Waals surface area contributed by atoms with E-state index >= 15 is 0 Å². The maximum absolute atomic E-state index is 12.5. The first-order chi connectivity index (χ1) is 10.0. The number of aromatic amines is 1. The standard InChI is InChI=1S/C16H17ClN2O2/c1-3-19(10-12-5-4-6-13(17)8-12)16(21)14-9-18-11(2)7-15(14)20/h4-9H,3,10H2,1-2H3,(H,18,20). The average molecular weight is 305 g/mol. The van der Waals surface area contributed by atoms with E-state index < -0.39 is 0 Å². The summed E-state index contributed by atoms with van der Waals surface area (Å²) in [5, 5.41) is 0.629. The second-order valence-electron chi connectivity index (χ2n) is 4.84. The number of amides is 1. The van der Waals surface area contributed by atoms with Gasteiger partial charge < -0.3 is 9.88 Å². The van der Waals surface area contributed by atoms with Crippen LogP contribution in [0.1, 0.15) is 28.5 Å². The Morgan fingerprint density at radius 3 is 2.71 bits per heavy atom. The van der Waals surface area contributed by atoms with Crippen LogP contribution in [0.15, 0.2) is 41.3 Å². The number of pyridine rings is 1. The summed E-state index contributed by atoms with van der Waals surface area (Å²) in [7, 11) is 0. The summed E-state index contributed by atoms with van der Waals surface area (Å²) in [6.45, 7) is 4.59. The Bertz CT molecular complexity index is 709. The van der Waals surface area contributed by atoms with Gasteiger partial charge in [-0.05, 0) is 31.5 Å². The number of nitrogens with zero attached hydrogens (tertiary/aromatic N) is 1. The fourth-order valence-electron chi connectivity index (χ4n) is 2.09. The average Bonchev–Trinajstić information content (AvgIpc) is 2.44. The minimum absolute atomic E-state index is 0.157. The van der Waals surface area contributed by atoms with Crippen LogP contribution in [0, 0.1) is 6.92 Å². The molecular formula is C16H17ClN2O2. The van der Waals surface area contributed by atoms with Crippen molar-refractivity contribution < 1.29 is 4.79 Å². The molecule has 0 radical (unpaired) electrons. The molecule has 110 valence electrons. The summed E-state index contributed by atoms with van der Waals surface area (Å²) in [4.78, 5) is 28.9. The Labute approximate surface area is 128 Å². The molecule has 0 fully saturated rings. The van der Waals surface area contributed by atoms with Gasteiger partial charge in [0.15, 0.2) is 5.43 Å². The quantitative estimate of drug-likeness (QED) is 0.944. The molecule has 5 heteroatoms. The van der Waals surface area contributed by atoms with Crippen LogP contribution in [-0.2, 0) is 6.54 Å². The molecule has 0 saturated carbocycles. The Kier molecular flexibility index (Phi) is 4.81. The molecular weight excluding hydrogens is 288 g/mol. The molecule has 1 aromatic carbocycles. The van der Waals surface area contributed by atoms with Gasteiger partial charge in [-0.15, -0.1) is 0 Å². The molecule has 21 heavy (non-hydrogen) atoms. The molecule has 0 unspecified atom stereocenters. The summed E-state index contributed by atoms with van der Waals surface area (Å²) in [6, 6.07) is 8.78. The highest BCUT2D eigenvalue weighted by atomic mass is 35.5. The molecule has 0 spiro atoms. The molecule has 0 bridgehead atoms. The second-order valence-corrected chi connectivity index (χ2v) is 5.28. The molecule has 1 aromatic heterocycles.